The van der Waals surface area contributed by atoms with Crippen molar-refractivity contribution in [2.75, 3.05) is 0 Å². The average Bonchev–Trinajstić information content (AvgIpc) is 2.53. The lowest BCUT2D eigenvalue weighted by atomic mass is 10.4. The summed E-state index contributed by atoms with van der Waals surface area (Å²) in [7, 11) is 0. The Morgan fingerprint density at radius 3 is 2.75 bits per heavy atom. The van der Waals surface area contributed by atoms with E-state index in [4.69, 9.17) is 0 Å². The standard InChI is InChI=1S/C5H5N5.C2H6/c1-3-4-5(10-8-3)9-7-2-6-4;1-2/h2H,1H3,(H,8,9,10);1-2H3. The molecular weight excluding hydrogens is 154 g/mol. The van der Waals surface area contributed by atoms with Crippen LogP contribution in [-0.2, 0) is 0 Å². The lowest BCUT2D eigenvalue weighted by Gasteiger charge is -1.81. The SMILES string of the molecule is CC.Cc1n[nH]c2nncnc12. The first-order valence-electron chi connectivity index (χ1n) is 3.86. The molecule has 0 aromatic carbocycles. The van der Waals surface area contributed by atoms with Crippen LogP contribution in [-0.4, -0.2) is 25.4 Å². The van der Waals surface area contributed by atoms with Gasteiger partial charge in [0.15, 0.2) is 5.65 Å². The number of hydrogen-bond donors (Lipinski definition) is 1. The zero-order chi connectivity index (χ0) is 8.97. The second-order valence-corrected chi connectivity index (χ2v) is 1.97. The van der Waals surface area contributed by atoms with Gasteiger partial charge in [0.2, 0.25) is 0 Å². The zero-order valence-electron chi connectivity index (χ0n) is 7.37. The van der Waals surface area contributed by atoms with E-state index in [2.05, 4.69) is 25.4 Å². The molecule has 5 heteroatoms. The van der Waals surface area contributed by atoms with Crippen LogP contribution in [0.15, 0.2) is 6.33 Å². The van der Waals surface area contributed by atoms with Crippen molar-refractivity contribution in [1.82, 2.24) is 25.4 Å². The van der Waals surface area contributed by atoms with Gasteiger partial charge in [0.25, 0.3) is 0 Å². The molecule has 2 rings (SSSR count). The molecule has 2 aromatic heterocycles. The van der Waals surface area contributed by atoms with Gasteiger partial charge in [0, 0.05) is 0 Å². The number of hydrogen-bond acceptors (Lipinski definition) is 4. The van der Waals surface area contributed by atoms with Crippen molar-refractivity contribution in [3.8, 4) is 0 Å². The summed E-state index contributed by atoms with van der Waals surface area (Å²) < 4.78 is 0. The Morgan fingerprint density at radius 1 is 1.33 bits per heavy atom. The van der Waals surface area contributed by atoms with Crippen molar-refractivity contribution >= 4 is 11.2 Å². The van der Waals surface area contributed by atoms with E-state index < -0.39 is 0 Å². The molecule has 0 saturated heterocycles. The van der Waals surface area contributed by atoms with Crippen molar-refractivity contribution in [1.29, 1.82) is 0 Å². The maximum atomic E-state index is 3.97. The lowest BCUT2D eigenvalue weighted by Crippen LogP contribution is -1.83. The minimum Gasteiger partial charge on any atom is -0.258 e. The fourth-order valence-electron chi connectivity index (χ4n) is 0.805. The van der Waals surface area contributed by atoms with E-state index in [1.165, 1.54) is 6.33 Å². The van der Waals surface area contributed by atoms with Gasteiger partial charge in [-0.25, -0.2) is 4.98 Å². The van der Waals surface area contributed by atoms with Crippen molar-refractivity contribution in [3.63, 3.8) is 0 Å². The predicted molar refractivity (Wildman–Crippen MR) is 45.6 cm³/mol. The van der Waals surface area contributed by atoms with E-state index in [-0.39, 0.29) is 0 Å². The van der Waals surface area contributed by atoms with E-state index in [0.717, 1.165) is 11.2 Å². The molecular formula is C7H11N5. The maximum absolute atomic E-state index is 3.97. The summed E-state index contributed by atoms with van der Waals surface area (Å²) in [5, 5.41) is 14.0. The van der Waals surface area contributed by atoms with E-state index >= 15 is 0 Å². The van der Waals surface area contributed by atoms with Gasteiger partial charge in [-0.15, -0.1) is 10.2 Å². The fourth-order valence-corrected chi connectivity index (χ4v) is 0.805. The highest BCUT2D eigenvalue weighted by Gasteiger charge is 2.00. The molecule has 0 radical (unpaired) electrons. The monoisotopic (exact) mass is 165 g/mol. The van der Waals surface area contributed by atoms with Crippen molar-refractivity contribution in [2.24, 2.45) is 0 Å². The summed E-state index contributed by atoms with van der Waals surface area (Å²) in [5.41, 5.74) is 2.28. The van der Waals surface area contributed by atoms with E-state index in [9.17, 15) is 0 Å². The zero-order valence-corrected chi connectivity index (χ0v) is 7.37. The largest absolute Gasteiger partial charge is 0.258 e. The third kappa shape index (κ3) is 1.39. The van der Waals surface area contributed by atoms with Crippen molar-refractivity contribution in [3.05, 3.63) is 12.0 Å². The summed E-state index contributed by atoms with van der Waals surface area (Å²) in [5.74, 6) is 0. The van der Waals surface area contributed by atoms with Crippen LogP contribution in [0.2, 0.25) is 0 Å². The third-order valence-corrected chi connectivity index (χ3v) is 1.29. The molecule has 1 N–H and O–H groups in total. The highest BCUT2D eigenvalue weighted by atomic mass is 15.2. The minimum absolute atomic E-state index is 0.639. The second-order valence-electron chi connectivity index (χ2n) is 1.97. The molecule has 2 heterocycles. The molecule has 0 atom stereocenters. The fraction of sp³-hybridized carbons (Fsp3) is 0.429. The van der Waals surface area contributed by atoms with Crippen LogP contribution >= 0.6 is 0 Å². The van der Waals surface area contributed by atoms with Gasteiger partial charge >= 0.3 is 0 Å². The number of aryl methyl sites for hydroxylation is 1. The van der Waals surface area contributed by atoms with Gasteiger partial charge in [-0.1, -0.05) is 13.8 Å². The van der Waals surface area contributed by atoms with Crippen LogP contribution in [0.5, 0.6) is 0 Å². The first-order chi connectivity index (χ1) is 5.88. The number of rotatable bonds is 0. The highest BCUT2D eigenvalue weighted by molar-refractivity contribution is 5.70. The van der Waals surface area contributed by atoms with Crippen LogP contribution in [0.25, 0.3) is 11.2 Å². The van der Waals surface area contributed by atoms with E-state index in [0.29, 0.717) is 5.65 Å². The molecule has 0 amide bonds. The quantitative estimate of drug-likeness (QED) is 0.634. The Labute approximate surface area is 70.2 Å². The van der Waals surface area contributed by atoms with Gasteiger partial charge in [-0.05, 0) is 6.92 Å². The normalized spacial score (nSPS) is 9.25. The Bertz CT molecular complexity index is 353. The van der Waals surface area contributed by atoms with Crippen LogP contribution in [0, 0.1) is 6.92 Å². The first kappa shape index (κ1) is 8.58. The summed E-state index contributed by atoms with van der Waals surface area (Å²) in [6.07, 6.45) is 1.41. The van der Waals surface area contributed by atoms with Crippen molar-refractivity contribution < 1.29 is 0 Å². The number of aromatic nitrogens is 5. The van der Waals surface area contributed by atoms with Crippen LogP contribution < -0.4 is 0 Å². The number of H-pyrrole nitrogens is 1. The number of aromatic amines is 1. The van der Waals surface area contributed by atoms with Crippen LogP contribution in [0.4, 0.5) is 0 Å². The Balaban J connectivity index is 0.000000336. The molecule has 0 saturated carbocycles. The second kappa shape index (κ2) is 3.75. The van der Waals surface area contributed by atoms with E-state index in [1.54, 1.807) is 0 Å². The predicted octanol–water partition coefficient (Wildman–Crippen LogP) is 1.08. The van der Waals surface area contributed by atoms with Gasteiger partial charge in [0.1, 0.15) is 11.8 Å². The Hall–Kier alpha value is -1.52. The summed E-state index contributed by atoms with van der Waals surface area (Å²) in [6, 6.07) is 0. The Morgan fingerprint density at radius 2 is 2.08 bits per heavy atom. The number of nitrogens with zero attached hydrogens (tertiary/aromatic N) is 4. The summed E-state index contributed by atoms with van der Waals surface area (Å²) >= 11 is 0. The lowest BCUT2D eigenvalue weighted by molar-refractivity contribution is 0.990. The molecule has 0 bridgehead atoms. The highest BCUT2D eigenvalue weighted by Crippen LogP contribution is 2.05. The van der Waals surface area contributed by atoms with Crippen LogP contribution in [0.1, 0.15) is 19.5 Å². The van der Waals surface area contributed by atoms with Gasteiger partial charge < -0.3 is 0 Å². The molecule has 0 aliphatic heterocycles. The topological polar surface area (TPSA) is 67.3 Å². The minimum atomic E-state index is 0.639. The van der Waals surface area contributed by atoms with Gasteiger partial charge in [-0.2, -0.15) is 5.10 Å². The third-order valence-electron chi connectivity index (χ3n) is 1.29. The maximum Gasteiger partial charge on any atom is 0.196 e. The molecule has 0 aliphatic carbocycles. The summed E-state index contributed by atoms with van der Waals surface area (Å²) in [6.45, 7) is 5.87. The Kier molecular flexibility index (Phi) is 2.68. The smallest absolute Gasteiger partial charge is 0.196 e. The number of fused-ring (bicyclic) bond motifs is 1. The molecule has 2 aromatic rings. The van der Waals surface area contributed by atoms with Gasteiger partial charge in [0.05, 0.1) is 5.69 Å². The molecule has 0 aliphatic rings. The summed E-state index contributed by atoms with van der Waals surface area (Å²) in [4.78, 5) is 3.97. The number of nitrogens with one attached hydrogen (secondary N) is 1. The van der Waals surface area contributed by atoms with Gasteiger partial charge in [-0.3, -0.25) is 5.10 Å². The molecule has 64 valence electrons. The van der Waals surface area contributed by atoms with Crippen LogP contribution in [0.3, 0.4) is 0 Å². The molecule has 0 fully saturated rings. The average molecular weight is 165 g/mol. The molecule has 0 unspecified atom stereocenters. The van der Waals surface area contributed by atoms with E-state index in [1.807, 2.05) is 20.8 Å². The van der Waals surface area contributed by atoms with Crippen molar-refractivity contribution in [2.45, 2.75) is 20.8 Å². The molecule has 0 spiro atoms. The first-order valence-corrected chi connectivity index (χ1v) is 3.86. The molecule has 5 nitrogen and oxygen atoms in total. The molecule has 12 heavy (non-hydrogen) atoms.